The molecular formula is C24H29N3O4S3. The summed E-state index contributed by atoms with van der Waals surface area (Å²) in [6.07, 6.45) is 2.97. The molecule has 0 aliphatic carbocycles. The molecule has 2 aromatic heterocycles. The minimum atomic E-state index is -3.49. The average molecular weight is 520 g/mol. The van der Waals surface area contributed by atoms with Gasteiger partial charge in [0, 0.05) is 25.6 Å². The number of thiophene rings is 1. The summed E-state index contributed by atoms with van der Waals surface area (Å²) in [5.74, 6) is -0.205. The summed E-state index contributed by atoms with van der Waals surface area (Å²) in [6.45, 7) is 6.03. The Labute approximate surface area is 208 Å². The zero-order valence-electron chi connectivity index (χ0n) is 19.4. The van der Waals surface area contributed by atoms with Crippen LogP contribution in [0.1, 0.15) is 36.8 Å². The Kier molecular flexibility index (Phi) is 6.78. The number of hydrogen-bond donors (Lipinski definition) is 0. The van der Waals surface area contributed by atoms with E-state index in [-0.39, 0.29) is 17.9 Å². The summed E-state index contributed by atoms with van der Waals surface area (Å²) in [4.78, 5) is 20.5. The Morgan fingerprint density at radius 2 is 1.94 bits per heavy atom. The molecular weight excluding hydrogens is 490 g/mol. The standard InChI is InChI=1S/C24H29N3O4S3/c1-16-7-8-17(2)22-21(16)25-24(33-22)27(15-19-5-3-13-31-19)23(28)18-9-11-26(12-10-18)34(29,30)20-6-4-14-32-20/h4,6-8,14,18-19H,3,5,9-13,15H2,1-2H3. The van der Waals surface area contributed by atoms with E-state index in [9.17, 15) is 13.2 Å². The number of anilines is 1. The second kappa shape index (κ2) is 9.66. The summed E-state index contributed by atoms with van der Waals surface area (Å²) >= 11 is 2.79. The molecule has 1 unspecified atom stereocenters. The molecule has 0 saturated carbocycles. The van der Waals surface area contributed by atoms with Gasteiger partial charge in [-0.15, -0.1) is 11.3 Å². The second-order valence-electron chi connectivity index (χ2n) is 9.07. The Hall–Kier alpha value is -1.85. The number of ether oxygens (including phenoxy) is 1. The molecule has 10 heteroatoms. The summed E-state index contributed by atoms with van der Waals surface area (Å²) in [7, 11) is -3.49. The van der Waals surface area contributed by atoms with Crippen molar-refractivity contribution in [1.29, 1.82) is 0 Å². The van der Waals surface area contributed by atoms with Crippen molar-refractivity contribution >= 4 is 54.0 Å². The highest BCUT2D eigenvalue weighted by molar-refractivity contribution is 7.91. The van der Waals surface area contributed by atoms with Gasteiger partial charge in [-0.1, -0.05) is 29.5 Å². The number of benzene rings is 1. The van der Waals surface area contributed by atoms with Crippen molar-refractivity contribution in [3.63, 3.8) is 0 Å². The molecule has 1 amide bonds. The molecule has 0 bridgehead atoms. The lowest BCUT2D eigenvalue weighted by atomic mass is 9.96. The van der Waals surface area contributed by atoms with Gasteiger partial charge < -0.3 is 4.74 Å². The van der Waals surface area contributed by atoms with Crippen LogP contribution in [0, 0.1) is 19.8 Å². The summed E-state index contributed by atoms with van der Waals surface area (Å²) in [5.41, 5.74) is 3.20. The minimum absolute atomic E-state index is 0.0115. The molecule has 2 aliphatic heterocycles. The third-order valence-electron chi connectivity index (χ3n) is 6.73. The smallest absolute Gasteiger partial charge is 0.252 e. The number of nitrogens with zero attached hydrogens (tertiary/aromatic N) is 3. The lowest BCUT2D eigenvalue weighted by molar-refractivity contribution is -0.123. The summed E-state index contributed by atoms with van der Waals surface area (Å²) < 4.78 is 34.6. The zero-order valence-corrected chi connectivity index (χ0v) is 21.8. The van der Waals surface area contributed by atoms with Crippen LogP contribution in [0.5, 0.6) is 0 Å². The van der Waals surface area contributed by atoms with Gasteiger partial charge in [0.05, 0.1) is 22.9 Å². The molecule has 0 spiro atoms. The van der Waals surface area contributed by atoms with E-state index in [0.717, 1.165) is 40.8 Å². The number of hydrogen-bond acceptors (Lipinski definition) is 7. The largest absolute Gasteiger partial charge is 0.376 e. The molecule has 7 nitrogen and oxygen atoms in total. The van der Waals surface area contributed by atoms with Gasteiger partial charge in [-0.05, 0) is 62.1 Å². The number of rotatable bonds is 6. The Morgan fingerprint density at radius 1 is 1.18 bits per heavy atom. The molecule has 34 heavy (non-hydrogen) atoms. The van der Waals surface area contributed by atoms with Crippen molar-refractivity contribution in [1.82, 2.24) is 9.29 Å². The van der Waals surface area contributed by atoms with Crippen LogP contribution in [0.15, 0.2) is 33.9 Å². The van der Waals surface area contributed by atoms with Crippen molar-refractivity contribution < 1.29 is 17.9 Å². The SMILES string of the molecule is Cc1ccc(C)c2sc(N(CC3CCCO3)C(=O)C3CCN(S(=O)(=O)c4cccs4)CC3)nc12. The van der Waals surface area contributed by atoms with Crippen molar-refractivity contribution in [2.45, 2.75) is 49.8 Å². The van der Waals surface area contributed by atoms with E-state index in [1.54, 1.807) is 28.8 Å². The lowest BCUT2D eigenvalue weighted by Gasteiger charge is -2.33. The van der Waals surface area contributed by atoms with Crippen LogP contribution in [0.2, 0.25) is 0 Å². The van der Waals surface area contributed by atoms with Crippen molar-refractivity contribution in [2.75, 3.05) is 31.1 Å². The molecule has 0 radical (unpaired) electrons. The molecule has 2 aliphatic rings. The number of thiazole rings is 1. The first kappa shape index (κ1) is 23.9. The number of amides is 1. The zero-order chi connectivity index (χ0) is 23.9. The van der Waals surface area contributed by atoms with Gasteiger partial charge in [0.15, 0.2) is 5.13 Å². The van der Waals surface area contributed by atoms with Gasteiger partial charge in [0.25, 0.3) is 10.0 Å². The van der Waals surface area contributed by atoms with Crippen LogP contribution in [0.25, 0.3) is 10.2 Å². The van der Waals surface area contributed by atoms with Gasteiger partial charge in [0.2, 0.25) is 5.91 Å². The first-order valence-electron chi connectivity index (χ1n) is 11.7. The van der Waals surface area contributed by atoms with Crippen LogP contribution in [-0.4, -0.2) is 56.0 Å². The minimum Gasteiger partial charge on any atom is -0.376 e. The topological polar surface area (TPSA) is 79.8 Å². The van der Waals surface area contributed by atoms with Gasteiger partial charge in [-0.25, -0.2) is 13.4 Å². The Morgan fingerprint density at radius 3 is 2.59 bits per heavy atom. The summed E-state index contributed by atoms with van der Waals surface area (Å²) in [5, 5.41) is 2.48. The van der Waals surface area contributed by atoms with E-state index in [1.165, 1.54) is 15.6 Å². The quantitative estimate of drug-likeness (QED) is 0.476. The van der Waals surface area contributed by atoms with E-state index in [2.05, 4.69) is 19.1 Å². The van der Waals surface area contributed by atoms with Gasteiger partial charge in [-0.3, -0.25) is 9.69 Å². The fourth-order valence-electron chi connectivity index (χ4n) is 4.72. The fraction of sp³-hybridized carbons (Fsp3) is 0.500. The highest BCUT2D eigenvalue weighted by Gasteiger charge is 2.36. The highest BCUT2D eigenvalue weighted by atomic mass is 32.2. The molecule has 0 N–H and O–H groups in total. The molecule has 1 aromatic carbocycles. The van der Waals surface area contributed by atoms with E-state index < -0.39 is 10.0 Å². The predicted octanol–water partition coefficient (Wildman–Crippen LogP) is 4.59. The third kappa shape index (κ3) is 4.54. The molecule has 2 fully saturated rings. The lowest BCUT2D eigenvalue weighted by Crippen LogP contribution is -2.46. The summed E-state index contributed by atoms with van der Waals surface area (Å²) in [6, 6.07) is 7.54. The van der Waals surface area contributed by atoms with E-state index in [4.69, 9.17) is 9.72 Å². The number of sulfonamides is 1. The maximum atomic E-state index is 13.8. The first-order valence-corrected chi connectivity index (χ1v) is 14.8. The van der Waals surface area contributed by atoms with Crippen molar-refractivity contribution in [3.05, 3.63) is 40.8 Å². The van der Waals surface area contributed by atoms with Gasteiger partial charge in [0.1, 0.15) is 4.21 Å². The van der Waals surface area contributed by atoms with Crippen LogP contribution in [0.3, 0.4) is 0 Å². The predicted molar refractivity (Wildman–Crippen MR) is 136 cm³/mol. The first-order chi connectivity index (χ1) is 16.3. The van der Waals surface area contributed by atoms with Gasteiger partial charge in [-0.2, -0.15) is 4.31 Å². The highest BCUT2D eigenvalue weighted by Crippen LogP contribution is 2.35. The molecule has 2 saturated heterocycles. The molecule has 3 aromatic rings. The molecule has 1 atom stereocenters. The van der Waals surface area contributed by atoms with Crippen LogP contribution < -0.4 is 4.90 Å². The normalized spacial score (nSPS) is 20.2. The number of aromatic nitrogens is 1. The Balaban J connectivity index is 1.37. The van der Waals surface area contributed by atoms with Crippen LogP contribution in [0.4, 0.5) is 5.13 Å². The molecule has 182 valence electrons. The number of carbonyl (C=O) groups is 1. The second-order valence-corrected chi connectivity index (χ2v) is 13.2. The van der Waals surface area contributed by atoms with Crippen molar-refractivity contribution in [3.8, 4) is 0 Å². The third-order valence-corrected chi connectivity index (χ3v) is 11.2. The fourth-order valence-corrected chi connectivity index (χ4v) is 8.46. The maximum absolute atomic E-state index is 13.8. The Bertz CT molecular complexity index is 1230. The average Bonchev–Trinajstić information content (AvgIpc) is 3.61. The van der Waals surface area contributed by atoms with E-state index in [1.807, 2.05) is 11.8 Å². The van der Waals surface area contributed by atoms with Gasteiger partial charge >= 0.3 is 0 Å². The molecule has 5 rings (SSSR count). The van der Waals surface area contributed by atoms with E-state index in [0.29, 0.717) is 41.8 Å². The monoisotopic (exact) mass is 519 g/mol. The number of carbonyl (C=O) groups excluding carboxylic acids is 1. The molecule has 4 heterocycles. The van der Waals surface area contributed by atoms with Crippen molar-refractivity contribution in [2.24, 2.45) is 5.92 Å². The maximum Gasteiger partial charge on any atom is 0.252 e. The number of fused-ring (bicyclic) bond motifs is 1. The van der Waals surface area contributed by atoms with Crippen LogP contribution in [-0.2, 0) is 19.6 Å². The van der Waals surface area contributed by atoms with Crippen LogP contribution >= 0.6 is 22.7 Å². The van der Waals surface area contributed by atoms with E-state index >= 15 is 0 Å². The number of aryl methyl sites for hydroxylation is 2. The number of piperidine rings is 1.